The van der Waals surface area contributed by atoms with Crippen molar-refractivity contribution in [2.75, 3.05) is 17.2 Å². The van der Waals surface area contributed by atoms with E-state index in [-0.39, 0.29) is 0 Å². The minimum Gasteiger partial charge on any atom is -0.368 e. The molecule has 0 spiro atoms. The van der Waals surface area contributed by atoms with Crippen LogP contribution in [0.3, 0.4) is 0 Å². The first kappa shape index (κ1) is 11.5. The molecule has 3 heterocycles. The van der Waals surface area contributed by atoms with Gasteiger partial charge in [0.1, 0.15) is 10.6 Å². The van der Waals surface area contributed by atoms with E-state index < -0.39 is 0 Å². The van der Waals surface area contributed by atoms with Crippen LogP contribution in [0.25, 0.3) is 10.2 Å². The van der Waals surface area contributed by atoms with Crippen LogP contribution in [0.1, 0.15) is 32.1 Å². The van der Waals surface area contributed by atoms with E-state index >= 15 is 0 Å². The van der Waals surface area contributed by atoms with Crippen LogP contribution in [0.15, 0.2) is 11.4 Å². The Labute approximate surface area is 116 Å². The van der Waals surface area contributed by atoms with E-state index in [9.17, 15) is 0 Å². The number of hydrogen-bond donors (Lipinski definition) is 1. The van der Waals surface area contributed by atoms with Crippen LogP contribution in [0, 0.1) is 5.92 Å². The van der Waals surface area contributed by atoms with Gasteiger partial charge in [-0.05, 0) is 36.6 Å². The van der Waals surface area contributed by atoms with E-state index in [1.165, 1.54) is 37.5 Å². The third-order valence-corrected chi connectivity index (χ3v) is 5.41. The van der Waals surface area contributed by atoms with Gasteiger partial charge in [0.25, 0.3) is 0 Å². The molecule has 0 aromatic carbocycles. The minimum absolute atomic E-state index is 0.407. The molecule has 2 aromatic heterocycles. The Hall–Kier alpha value is -1.36. The smallest absolute Gasteiger partial charge is 0.223 e. The van der Waals surface area contributed by atoms with Crippen molar-refractivity contribution in [2.45, 2.75) is 38.1 Å². The van der Waals surface area contributed by atoms with Crippen LogP contribution < -0.4 is 10.6 Å². The van der Waals surface area contributed by atoms with Gasteiger partial charge >= 0.3 is 0 Å². The van der Waals surface area contributed by atoms with Gasteiger partial charge in [-0.2, -0.15) is 4.98 Å². The van der Waals surface area contributed by atoms with Crippen molar-refractivity contribution in [3.63, 3.8) is 0 Å². The maximum absolute atomic E-state index is 5.88. The van der Waals surface area contributed by atoms with Gasteiger partial charge in [0, 0.05) is 12.6 Å². The number of nitrogen functional groups attached to an aromatic ring is 1. The predicted octanol–water partition coefficient (Wildman–Crippen LogP) is 3.04. The summed E-state index contributed by atoms with van der Waals surface area (Å²) in [6, 6.07) is 2.80. The Morgan fingerprint density at radius 3 is 3.05 bits per heavy atom. The fraction of sp³-hybridized carbons (Fsp3) is 0.571. The van der Waals surface area contributed by atoms with Crippen molar-refractivity contribution < 1.29 is 0 Å². The average molecular weight is 274 g/mol. The highest BCUT2D eigenvalue weighted by atomic mass is 32.1. The van der Waals surface area contributed by atoms with Crippen LogP contribution in [0.5, 0.6) is 0 Å². The molecular formula is C14H18N4S. The van der Waals surface area contributed by atoms with Gasteiger partial charge in [0.15, 0.2) is 0 Å². The molecule has 2 fully saturated rings. The lowest BCUT2D eigenvalue weighted by atomic mass is 9.85. The minimum atomic E-state index is 0.407. The molecule has 2 aliphatic rings. The topological polar surface area (TPSA) is 55.0 Å². The summed E-state index contributed by atoms with van der Waals surface area (Å²) in [5, 5.41) is 3.25. The van der Waals surface area contributed by atoms with Crippen molar-refractivity contribution in [1.82, 2.24) is 9.97 Å². The third kappa shape index (κ3) is 1.79. The Morgan fingerprint density at radius 2 is 2.11 bits per heavy atom. The molecule has 2 unspecified atom stereocenters. The zero-order chi connectivity index (χ0) is 12.8. The lowest BCUT2D eigenvalue weighted by Gasteiger charge is -2.32. The Balaban J connectivity index is 1.79. The molecule has 19 heavy (non-hydrogen) atoms. The van der Waals surface area contributed by atoms with E-state index in [2.05, 4.69) is 26.3 Å². The molecule has 0 radical (unpaired) electrons. The first-order chi connectivity index (χ1) is 9.33. The molecule has 5 heteroatoms. The molecule has 4 nitrogen and oxygen atoms in total. The number of hydrogen-bond acceptors (Lipinski definition) is 5. The zero-order valence-electron chi connectivity index (χ0n) is 10.9. The maximum atomic E-state index is 5.88. The number of anilines is 2. The van der Waals surface area contributed by atoms with Crippen LogP contribution in [0.4, 0.5) is 11.8 Å². The number of aromatic nitrogens is 2. The highest BCUT2D eigenvalue weighted by Gasteiger charge is 2.37. The van der Waals surface area contributed by atoms with E-state index in [0.29, 0.717) is 12.0 Å². The second-order valence-electron chi connectivity index (χ2n) is 5.64. The first-order valence-electron chi connectivity index (χ1n) is 7.10. The molecule has 1 aliphatic heterocycles. The summed E-state index contributed by atoms with van der Waals surface area (Å²) < 4.78 is 0. The number of thiophene rings is 1. The standard InChI is InChI=1S/C14H18N4S/c15-14-16-12(10-6-8-19-13(10)17-14)18-7-5-9-3-1-2-4-11(9)18/h6,8-9,11H,1-5,7H2,(H2,15,16,17). The van der Waals surface area contributed by atoms with Crippen molar-refractivity contribution >= 4 is 33.3 Å². The summed E-state index contributed by atoms with van der Waals surface area (Å²) in [5.41, 5.74) is 5.88. The summed E-state index contributed by atoms with van der Waals surface area (Å²) in [4.78, 5) is 12.4. The Kier molecular flexibility index (Phi) is 2.62. The van der Waals surface area contributed by atoms with Crippen molar-refractivity contribution in [3.05, 3.63) is 11.4 Å². The van der Waals surface area contributed by atoms with Gasteiger partial charge in [0.2, 0.25) is 5.95 Å². The molecule has 1 aliphatic carbocycles. The van der Waals surface area contributed by atoms with Gasteiger partial charge in [-0.3, -0.25) is 0 Å². The fourth-order valence-electron chi connectivity index (χ4n) is 3.74. The normalized spacial score (nSPS) is 26.8. The van der Waals surface area contributed by atoms with Crippen LogP contribution >= 0.6 is 11.3 Å². The number of rotatable bonds is 1. The highest BCUT2D eigenvalue weighted by molar-refractivity contribution is 7.16. The van der Waals surface area contributed by atoms with Crippen LogP contribution in [-0.4, -0.2) is 22.6 Å². The summed E-state index contributed by atoms with van der Waals surface area (Å²) in [7, 11) is 0. The average Bonchev–Trinajstić information content (AvgIpc) is 3.03. The Bertz CT molecular complexity index is 609. The molecule has 0 amide bonds. The van der Waals surface area contributed by atoms with Gasteiger partial charge in [-0.25, -0.2) is 4.98 Å². The van der Waals surface area contributed by atoms with Crippen molar-refractivity contribution in [1.29, 1.82) is 0 Å². The highest BCUT2D eigenvalue weighted by Crippen LogP contribution is 2.40. The number of nitrogens with zero attached hydrogens (tertiary/aromatic N) is 3. The van der Waals surface area contributed by atoms with Gasteiger partial charge in [0.05, 0.1) is 5.39 Å². The summed E-state index contributed by atoms with van der Waals surface area (Å²) in [5.74, 6) is 2.33. The third-order valence-electron chi connectivity index (χ3n) is 4.60. The molecule has 2 N–H and O–H groups in total. The van der Waals surface area contributed by atoms with E-state index in [0.717, 1.165) is 23.1 Å². The van der Waals surface area contributed by atoms with E-state index in [1.807, 2.05) is 0 Å². The molecule has 1 saturated heterocycles. The van der Waals surface area contributed by atoms with Gasteiger partial charge in [-0.1, -0.05) is 12.8 Å². The summed E-state index contributed by atoms with van der Waals surface area (Å²) in [6.45, 7) is 1.12. The molecule has 100 valence electrons. The monoisotopic (exact) mass is 274 g/mol. The SMILES string of the molecule is Nc1nc(N2CCC3CCCCC32)c2ccsc2n1. The summed E-state index contributed by atoms with van der Waals surface area (Å²) in [6.07, 6.45) is 6.74. The lowest BCUT2D eigenvalue weighted by molar-refractivity contribution is 0.341. The van der Waals surface area contributed by atoms with E-state index in [1.54, 1.807) is 11.3 Å². The van der Waals surface area contributed by atoms with Gasteiger partial charge < -0.3 is 10.6 Å². The molecule has 2 atom stereocenters. The second-order valence-corrected chi connectivity index (χ2v) is 6.53. The fourth-order valence-corrected chi connectivity index (χ4v) is 4.51. The summed E-state index contributed by atoms with van der Waals surface area (Å²) >= 11 is 1.65. The van der Waals surface area contributed by atoms with Crippen LogP contribution in [0.2, 0.25) is 0 Å². The quantitative estimate of drug-likeness (QED) is 0.868. The number of fused-ring (bicyclic) bond motifs is 2. The van der Waals surface area contributed by atoms with Crippen molar-refractivity contribution in [3.8, 4) is 0 Å². The largest absolute Gasteiger partial charge is 0.368 e. The second kappa shape index (κ2) is 4.34. The predicted molar refractivity (Wildman–Crippen MR) is 79.5 cm³/mol. The first-order valence-corrected chi connectivity index (χ1v) is 7.98. The van der Waals surface area contributed by atoms with Gasteiger partial charge in [-0.15, -0.1) is 11.3 Å². The molecule has 4 rings (SSSR count). The van der Waals surface area contributed by atoms with E-state index in [4.69, 9.17) is 5.73 Å². The maximum Gasteiger partial charge on any atom is 0.223 e. The molecular weight excluding hydrogens is 256 g/mol. The molecule has 1 saturated carbocycles. The Morgan fingerprint density at radius 1 is 1.21 bits per heavy atom. The molecule has 2 aromatic rings. The lowest BCUT2D eigenvalue weighted by Crippen LogP contribution is -2.35. The number of nitrogens with two attached hydrogens (primary N) is 1. The van der Waals surface area contributed by atoms with Crippen LogP contribution in [-0.2, 0) is 0 Å². The molecule has 0 bridgehead atoms. The zero-order valence-corrected chi connectivity index (χ0v) is 11.7. The van der Waals surface area contributed by atoms with Crippen molar-refractivity contribution in [2.24, 2.45) is 5.92 Å².